The van der Waals surface area contributed by atoms with Crippen molar-refractivity contribution in [3.63, 3.8) is 0 Å². The van der Waals surface area contributed by atoms with Gasteiger partial charge in [-0.15, -0.1) is 0 Å². The van der Waals surface area contributed by atoms with E-state index in [4.69, 9.17) is 0 Å². The van der Waals surface area contributed by atoms with Crippen molar-refractivity contribution in [2.75, 3.05) is 32.7 Å². The van der Waals surface area contributed by atoms with Crippen LogP contribution in [-0.4, -0.2) is 37.6 Å². The van der Waals surface area contributed by atoms with Gasteiger partial charge in [-0.25, -0.2) is 0 Å². The van der Waals surface area contributed by atoms with Crippen molar-refractivity contribution < 1.29 is 0 Å². The van der Waals surface area contributed by atoms with Gasteiger partial charge in [-0.1, -0.05) is 13.8 Å². The van der Waals surface area contributed by atoms with Crippen molar-refractivity contribution in [1.82, 2.24) is 10.2 Å². The molecule has 0 aromatic carbocycles. The fourth-order valence-corrected chi connectivity index (χ4v) is 2.18. The van der Waals surface area contributed by atoms with E-state index in [-0.39, 0.29) is 0 Å². The highest BCUT2D eigenvalue weighted by Gasteiger charge is 2.27. The second-order valence-corrected chi connectivity index (χ2v) is 5.49. The van der Waals surface area contributed by atoms with E-state index in [1.807, 2.05) is 0 Å². The number of rotatable bonds is 2. The molecule has 0 atom stereocenters. The van der Waals surface area contributed by atoms with Crippen LogP contribution in [0.1, 0.15) is 26.7 Å². The smallest absolute Gasteiger partial charge is 0.00340 e. The molecular weight excluding hydrogens is 160 g/mol. The topological polar surface area (TPSA) is 15.3 Å². The summed E-state index contributed by atoms with van der Waals surface area (Å²) < 4.78 is 0. The first-order chi connectivity index (χ1) is 6.16. The van der Waals surface area contributed by atoms with Crippen LogP contribution in [0.15, 0.2) is 0 Å². The number of hydrogen-bond donors (Lipinski definition) is 1. The molecule has 0 aromatic heterocycles. The van der Waals surface area contributed by atoms with E-state index in [1.54, 1.807) is 0 Å². The molecule has 0 aliphatic carbocycles. The second kappa shape index (κ2) is 3.58. The summed E-state index contributed by atoms with van der Waals surface area (Å²) in [5.74, 6) is 0.946. The van der Waals surface area contributed by atoms with Crippen LogP contribution in [0.3, 0.4) is 0 Å². The molecule has 0 unspecified atom stereocenters. The maximum absolute atomic E-state index is 3.34. The number of piperidine rings is 1. The lowest BCUT2D eigenvalue weighted by atomic mass is 9.82. The molecular formula is C11H22N2. The van der Waals surface area contributed by atoms with Gasteiger partial charge in [-0.3, -0.25) is 0 Å². The van der Waals surface area contributed by atoms with E-state index in [2.05, 4.69) is 24.1 Å². The Bertz CT molecular complexity index is 163. The third-order valence-electron chi connectivity index (χ3n) is 3.59. The van der Waals surface area contributed by atoms with Crippen LogP contribution < -0.4 is 5.32 Å². The Hall–Kier alpha value is -0.0800. The third-order valence-corrected chi connectivity index (χ3v) is 3.59. The van der Waals surface area contributed by atoms with Gasteiger partial charge < -0.3 is 10.2 Å². The second-order valence-electron chi connectivity index (χ2n) is 5.49. The summed E-state index contributed by atoms with van der Waals surface area (Å²) in [6, 6.07) is 0. The maximum atomic E-state index is 3.34. The quantitative estimate of drug-likeness (QED) is 0.693. The zero-order valence-corrected chi connectivity index (χ0v) is 8.97. The monoisotopic (exact) mass is 182 g/mol. The minimum atomic E-state index is 0.606. The zero-order valence-electron chi connectivity index (χ0n) is 8.97. The molecule has 0 amide bonds. The summed E-state index contributed by atoms with van der Waals surface area (Å²) in [4.78, 5) is 2.65. The van der Waals surface area contributed by atoms with Gasteiger partial charge in [-0.05, 0) is 37.3 Å². The highest BCUT2D eigenvalue weighted by molar-refractivity contribution is 4.83. The van der Waals surface area contributed by atoms with Gasteiger partial charge in [0.15, 0.2) is 0 Å². The highest BCUT2D eigenvalue weighted by atomic mass is 15.1. The zero-order chi connectivity index (χ0) is 9.31. The normalized spacial score (nSPS) is 30.0. The molecule has 2 aliphatic rings. The standard InChI is InChI=1S/C11H22N2/c1-11(2)3-5-13(6-4-11)9-10-7-12-8-10/h10,12H,3-9H2,1-2H3. The Morgan fingerprint density at radius 1 is 1.23 bits per heavy atom. The predicted molar refractivity (Wildman–Crippen MR) is 55.8 cm³/mol. The average Bonchev–Trinajstić information content (AvgIpc) is 1.99. The van der Waals surface area contributed by atoms with Crippen molar-refractivity contribution >= 4 is 0 Å². The first-order valence-corrected chi connectivity index (χ1v) is 5.59. The lowest BCUT2D eigenvalue weighted by molar-refractivity contribution is 0.105. The Balaban J connectivity index is 1.71. The van der Waals surface area contributed by atoms with Gasteiger partial charge in [0.25, 0.3) is 0 Å². The van der Waals surface area contributed by atoms with Gasteiger partial charge in [0.2, 0.25) is 0 Å². The number of likely N-dealkylation sites (tertiary alicyclic amines) is 1. The fourth-order valence-electron chi connectivity index (χ4n) is 2.18. The molecule has 2 nitrogen and oxygen atoms in total. The van der Waals surface area contributed by atoms with Crippen LogP contribution >= 0.6 is 0 Å². The number of hydrogen-bond acceptors (Lipinski definition) is 2. The SMILES string of the molecule is CC1(C)CCN(CC2CNC2)CC1. The molecule has 0 bridgehead atoms. The lowest BCUT2D eigenvalue weighted by Crippen LogP contribution is -2.50. The molecule has 1 N–H and O–H groups in total. The van der Waals surface area contributed by atoms with Crippen LogP contribution in [0.4, 0.5) is 0 Å². The van der Waals surface area contributed by atoms with Crippen molar-refractivity contribution in [3.8, 4) is 0 Å². The molecule has 2 heteroatoms. The van der Waals surface area contributed by atoms with E-state index in [0.29, 0.717) is 5.41 Å². The Morgan fingerprint density at radius 2 is 1.85 bits per heavy atom. The van der Waals surface area contributed by atoms with Gasteiger partial charge in [0, 0.05) is 19.6 Å². The first kappa shape index (κ1) is 9.47. The van der Waals surface area contributed by atoms with Gasteiger partial charge >= 0.3 is 0 Å². The first-order valence-electron chi connectivity index (χ1n) is 5.59. The van der Waals surface area contributed by atoms with Crippen LogP contribution in [0, 0.1) is 11.3 Å². The minimum absolute atomic E-state index is 0.606. The van der Waals surface area contributed by atoms with Crippen LogP contribution in [0.5, 0.6) is 0 Å². The lowest BCUT2D eigenvalue weighted by Gasteiger charge is -2.40. The summed E-state index contributed by atoms with van der Waals surface area (Å²) in [7, 11) is 0. The van der Waals surface area contributed by atoms with Crippen LogP contribution in [0.25, 0.3) is 0 Å². The van der Waals surface area contributed by atoms with Crippen LogP contribution in [-0.2, 0) is 0 Å². The molecule has 0 aromatic rings. The van der Waals surface area contributed by atoms with E-state index in [9.17, 15) is 0 Å². The Kier molecular flexibility index (Phi) is 2.61. The molecule has 0 saturated carbocycles. The van der Waals surface area contributed by atoms with E-state index in [0.717, 1.165) is 5.92 Å². The van der Waals surface area contributed by atoms with E-state index in [1.165, 1.54) is 45.6 Å². The molecule has 0 radical (unpaired) electrons. The molecule has 0 spiro atoms. The summed E-state index contributed by atoms with van der Waals surface area (Å²) in [6.45, 7) is 11.3. The maximum Gasteiger partial charge on any atom is 0.00340 e. The predicted octanol–water partition coefficient (Wildman–Crippen LogP) is 1.33. The van der Waals surface area contributed by atoms with Gasteiger partial charge in [0.1, 0.15) is 0 Å². The van der Waals surface area contributed by atoms with Crippen LogP contribution in [0.2, 0.25) is 0 Å². The van der Waals surface area contributed by atoms with E-state index < -0.39 is 0 Å². The summed E-state index contributed by atoms with van der Waals surface area (Å²) in [5, 5.41) is 3.34. The molecule has 2 heterocycles. The van der Waals surface area contributed by atoms with Crippen molar-refractivity contribution in [1.29, 1.82) is 0 Å². The molecule has 2 fully saturated rings. The average molecular weight is 182 g/mol. The molecule has 2 rings (SSSR count). The van der Waals surface area contributed by atoms with Crippen molar-refractivity contribution in [2.24, 2.45) is 11.3 Å². The number of nitrogens with one attached hydrogen (secondary N) is 1. The molecule has 2 saturated heterocycles. The largest absolute Gasteiger partial charge is 0.316 e. The summed E-state index contributed by atoms with van der Waals surface area (Å²) in [5.41, 5.74) is 0.606. The van der Waals surface area contributed by atoms with E-state index >= 15 is 0 Å². The molecule has 76 valence electrons. The number of nitrogens with zero attached hydrogens (tertiary/aromatic N) is 1. The van der Waals surface area contributed by atoms with Gasteiger partial charge in [-0.2, -0.15) is 0 Å². The third kappa shape index (κ3) is 2.44. The molecule has 13 heavy (non-hydrogen) atoms. The van der Waals surface area contributed by atoms with Crippen molar-refractivity contribution in [3.05, 3.63) is 0 Å². The molecule has 2 aliphatic heterocycles. The van der Waals surface area contributed by atoms with Crippen molar-refractivity contribution in [2.45, 2.75) is 26.7 Å². The Morgan fingerprint density at radius 3 is 2.31 bits per heavy atom. The minimum Gasteiger partial charge on any atom is -0.316 e. The fraction of sp³-hybridized carbons (Fsp3) is 1.00. The summed E-state index contributed by atoms with van der Waals surface area (Å²) >= 11 is 0. The highest BCUT2D eigenvalue weighted by Crippen LogP contribution is 2.30. The Labute approximate surface area is 81.7 Å². The van der Waals surface area contributed by atoms with Gasteiger partial charge in [0.05, 0.1) is 0 Å². The summed E-state index contributed by atoms with van der Waals surface area (Å²) in [6.07, 6.45) is 2.76.